The van der Waals surface area contributed by atoms with Gasteiger partial charge in [-0.15, -0.1) is 0 Å². The summed E-state index contributed by atoms with van der Waals surface area (Å²) in [4.78, 5) is 12.6. The lowest BCUT2D eigenvalue weighted by molar-refractivity contribution is 0.328. The second kappa shape index (κ2) is 6.97. The van der Waals surface area contributed by atoms with Crippen LogP contribution in [0.4, 0.5) is 17.5 Å². The zero-order chi connectivity index (χ0) is 18.1. The van der Waals surface area contributed by atoms with E-state index in [1.807, 2.05) is 30.9 Å². The van der Waals surface area contributed by atoms with E-state index in [0.717, 1.165) is 28.2 Å². The minimum Gasteiger partial charge on any atom is -0.367 e. The molecule has 3 aromatic rings. The Bertz CT molecular complexity index is 889. The SMILES string of the molecule is Cc1c(Nc2nc(N[C@@H](C)C3CCCCC3)c3cc[nH]c3n2)cnn1C. The first kappa shape index (κ1) is 16.9. The first-order valence-corrected chi connectivity index (χ1v) is 9.49. The number of anilines is 3. The normalized spacial score (nSPS) is 16.7. The lowest BCUT2D eigenvalue weighted by atomic mass is 9.84. The second-order valence-electron chi connectivity index (χ2n) is 7.36. The van der Waals surface area contributed by atoms with Crippen molar-refractivity contribution in [3.05, 3.63) is 24.2 Å². The molecule has 4 rings (SSSR count). The van der Waals surface area contributed by atoms with Crippen LogP contribution >= 0.6 is 0 Å². The van der Waals surface area contributed by atoms with Crippen molar-refractivity contribution in [2.24, 2.45) is 13.0 Å². The van der Waals surface area contributed by atoms with Gasteiger partial charge in [-0.1, -0.05) is 19.3 Å². The summed E-state index contributed by atoms with van der Waals surface area (Å²) in [6.07, 6.45) is 10.4. The molecule has 7 nitrogen and oxygen atoms in total. The number of H-pyrrole nitrogens is 1. The van der Waals surface area contributed by atoms with Crippen LogP contribution in [0.2, 0.25) is 0 Å². The van der Waals surface area contributed by atoms with E-state index in [-0.39, 0.29) is 0 Å². The monoisotopic (exact) mass is 353 g/mol. The Morgan fingerprint density at radius 3 is 2.77 bits per heavy atom. The van der Waals surface area contributed by atoms with Gasteiger partial charge in [0.15, 0.2) is 0 Å². The highest BCUT2D eigenvalue weighted by atomic mass is 15.3. The van der Waals surface area contributed by atoms with Gasteiger partial charge in [0, 0.05) is 19.3 Å². The molecule has 0 amide bonds. The van der Waals surface area contributed by atoms with E-state index in [2.05, 4.69) is 32.6 Å². The van der Waals surface area contributed by atoms with E-state index in [0.29, 0.717) is 17.9 Å². The van der Waals surface area contributed by atoms with Crippen LogP contribution in [0.1, 0.15) is 44.7 Å². The lowest BCUT2D eigenvalue weighted by Gasteiger charge is -2.28. The molecule has 3 N–H and O–H groups in total. The molecule has 0 aliphatic heterocycles. The number of fused-ring (bicyclic) bond motifs is 1. The molecular formula is C19H27N7. The Kier molecular flexibility index (Phi) is 4.53. The highest BCUT2D eigenvalue weighted by molar-refractivity contribution is 5.88. The van der Waals surface area contributed by atoms with E-state index in [4.69, 9.17) is 4.98 Å². The van der Waals surface area contributed by atoms with Gasteiger partial charge < -0.3 is 15.6 Å². The van der Waals surface area contributed by atoms with E-state index in [1.54, 1.807) is 6.20 Å². The van der Waals surface area contributed by atoms with Gasteiger partial charge in [-0.3, -0.25) is 4.68 Å². The van der Waals surface area contributed by atoms with Crippen molar-refractivity contribution < 1.29 is 0 Å². The van der Waals surface area contributed by atoms with Crippen LogP contribution in [0.3, 0.4) is 0 Å². The summed E-state index contributed by atoms with van der Waals surface area (Å²) in [7, 11) is 1.92. The van der Waals surface area contributed by atoms with E-state index in [9.17, 15) is 0 Å². The number of nitrogens with one attached hydrogen (secondary N) is 3. The van der Waals surface area contributed by atoms with Crippen LogP contribution in [-0.2, 0) is 7.05 Å². The van der Waals surface area contributed by atoms with Gasteiger partial charge in [0.05, 0.1) is 23.0 Å². The molecule has 26 heavy (non-hydrogen) atoms. The predicted molar refractivity (Wildman–Crippen MR) is 105 cm³/mol. The Hall–Kier alpha value is -2.57. The van der Waals surface area contributed by atoms with Crippen molar-refractivity contribution in [1.82, 2.24) is 24.7 Å². The minimum atomic E-state index is 0.399. The largest absolute Gasteiger partial charge is 0.367 e. The quantitative estimate of drug-likeness (QED) is 0.642. The maximum absolute atomic E-state index is 4.76. The summed E-state index contributed by atoms with van der Waals surface area (Å²) in [6.45, 7) is 4.29. The number of hydrogen-bond acceptors (Lipinski definition) is 5. The molecule has 138 valence electrons. The Labute approximate surface area is 153 Å². The smallest absolute Gasteiger partial charge is 0.231 e. The summed E-state index contributed by atoms with van der Waals surface area (Å²) < 4.78 is 1.83. The molecule has 0 unspecified atom stereocenters. The average molecular weight is 353 g/mol. The lowest BCUT2D eigenvalue weighted by Crippen LogP contribution is -2.28. The van der Waals surface area contributed by atoms with Crippen molar-refractivity contribution >= 4 is 28.5 Å². The molecule has 3 heterocycles. The van der Waals surface area contributed by atoms with Crippen LogP contribution in [0.5, 0.6) is 0 Å². The van der Waals surface area contributed by atoms with Crippen LogP contribution in [0.15, 0.2) is 18.5 Å². The standard InChI is InChI=1S/C19H27N7/c1-12(14-7-5-4-6-8-14)22-18-15-9-10-20-17(15)24-19(25-18)23-16-11-21-26(3)13(16)2/h9-12,14H,4-8H2,1-3H3,(H3,20,22,23,24,25)/t12-/m0/s1. The first-order chi connectivity index (χ1) is 12.6. The number of aromatic amines is 1. The predicted octanol–water partition coefficient (Wildman–Crippen LogP) is 4.12. The van der Waals surface area contributed by atoms with Crippen LogP contribution in [0, 0.1) is 12.8 Å². The van der Waals surface area contributed by atoms with Crippen LogP contribution in [-0.4, -0.2) is 30.8 Å². The van der Waals surface area contributed by atoms with Gasteiger partial charge in [-0.2, -0.15) is 15.1 Å². The third-order valence-electron chi connectivity index (χ3n) is 5.62. The molecule has 1 atom stereocenters. The molecular weight excluding hydrogens is 326 g/mol. The number of aromatic nitrogens is 5. The average Bonchev–Trinajstić information content (AvgIpc) is 3.25. The fourth-order valence-electron chi connectivity index (χ4n) is 3.82. The van der Waals surface area contributed by atoms with Crippen LogP contribution < -0.4 is 10.6 Å². The first-order valence-electron chi connectivity index (χ1n) is 9.49. The number of nitrogens with zero attached hydrogens (tertiary/aromatic N) is 4. The summed E-state index contributed by atoms with van der Waals surface area (Å²) in [5, 5.41) is 12.3. The molecule has 7 heteroatoms. The van der Waals surface area contributed by atoms with Gasteiger partial charge in [0.25, 0.3) is 0 Å². The zero-order valence-corrected chi connectivity index (χ0v) is 15.7. The Balaban J connectivity index is 1.61. The second-order valence-corrected chi connectivity index (χ2v) is 7.36. The van der Waals surface area contributed by atoms with Crippen molar-refractivity contribution in [3.8, 4) is 0 Å². The summed E-state index contributed by atoms with van der Waals surface area (Å²) in [5.74, 6) is 2.18. The number of hydrogen-bond donors (Lipinski definition) is 3. The molecule has 1 saturated carbocycles. The van der Waals surface area contributed by atoms with E-state index in [1.165, 1.54) is 32.1 Å². The topological polar surface area (TPSA) is 83.4 Å². The maximum atomic E-state index is 4.76. The van der Waals surface area contributed by atoms with Gasteiger partial charge in [-0.25, -0.2) is 0 Å². The zero-order valence-electron chi connectivity index (χ0n) is 15.7. The van der Waals surface area contributed by atoms with Gasteiger partial charge >= 0.3 is 0 Å². The fourth-order valence-corrected chi connectivity index (χ4v) is 3.82. The Morgan fingerprint density at radius 1 is 1.23 bits per heavy atom. The third kappa shape index (κ3) is 3.25. The molecule has 0 spiro atoms. The van der Waals surface area contributed by atoms with Crippen LogP contribution in [0.25, 0.3) is 11.0 Å². The molecule has 0 saturated heterocycles. The highest BCUT2D eigenvalue weighted by Crippen LogP contribution is 2.30. The van der Waals surface area contributed by atoms with E-state index >= 15 is 0 Å². The number of rotatable bonds is 5. The summed E-state index contributed by atoms with van der Waals surface area (Å²) >= 11 is 0. The highest BCUT2D eigenvalue weighted by Gasteiger charge is 2.21. The molecule has 1 fully saturated rings. The molecule has 0 radical (unpaired) electrons. The van der Waals surface area contributed by atoms with Gasteiger partial charge in [-0.05, 0) is 38.7 Å². The maximum Gasteiger partial charge on any atom is 0.231 e. The van der Waals surface area contributed by atoms with Crippen molar-refractivity contribution in [1.29, 1.82) is 0 Å². The number of aryl methyl sites for hydroxylation is 1. The minimum absolute atomic E-state index is 0.399. The molecule has 1 aliphatic carbocycles. The van der Waals surface area contributed by atoms with E-state index < -0.39 is 0 Å². The fraction of sp³-hybridized carbons (Fsp3) is 0.526. The van der Waals surface area contributed by atoms with Crippen molar-refractivity contribution in [2.75, 3.05) is 10.6 Å². The Morgan fingerprint density at radius 2 is 2.04 bits per heavy atom. The van der Waals surface area contributed by atoms with Gasteiger partial charge in [0.2, 0.25) is 5.95 Å². The van der Waals surface area contributed by atoms with Crippen molar-refractivity contribution in [2.45, 2.75) is 52.0 Å². The van der Waals surface area contributed by atoms with Crippen molar-refractivity contribution in [3.63, 3.8) is 0 Å². The third-order valence-corrected chi connectivity index (χ3v) is 5.62. The summed E-state index contributed by atoms with van der Waals surface area (Å²) in [5.41, 5.74) is 2.80. The summed E-state index contributed by atoms with van der Waals surface area (Å²) in [6, 6.07) is 2.43. The molecule has 0 bridgehead atoms. The van der Waals surface area contributed by atoms with Gasteiger partial charge in [0.1, 0.15) is 11.5 Å². The molecule has 0 aromatic carbocycles. The molecule has 1 aliphatic rings. The molecule has 3 aromatic heterocycles.